The number of anilines is 1. The maximum absolute atomic E-state index is 13.8. The van der Waals surface area contributed by atoms with Gasteiger partial charge in [-0.2, -0.15) is 0 Å². The number of rotatable bonds is 11. The van der Waals surface area contributed by atoms with Gasteiger partial charge in [0.1, 0.15) is 25.8 Å². The Morgan fingerprint density at radius 1 is 1.00 bits per heavy atom. The lowest BCUT2D eigenvalue weighted by molar-refractivity contribution is -0.140. The molecule has 0 aromatic heterocycles. The summed E-state index contributed by atoms with van der Waals surface area (Å²) in [6, 6.07) is 11.7. The largest absolute Gasteiger partial charge is 0.486 e. The van der Waals surface area contributed by atoms with E-state index >= 15 is 0 Å². The molecule has 3 rings (SSSR count). The van der Waals surface area contributed by atoms with Crippen LogP contribution in [0.25, 0.3) is 0 Å². The first-order valence-corrected chi connectivity index (χ1v) is 14.4. The molecule has 0 spiro atoms. The molecule has 1 aliphatic heterocycles. The number of amides is 2. The molecule has 0 aliphatic carbocycles. The summed E-state index contributed by atoms with van der Waals surface area (Å²) in [6.45, 7) is 8.15. The van der Waals surface area contributed by atoms with Gasteiger partial charge >= 0.3 is 0 Å². The molecule has 2 aromatic rings. The predicted octanol–water partition coefficient (Wildman–Crippen LogP) is 3.25. The molecular formula is C27H37N3O6S. The van der Waals surface area contributed by atoms with Crippen molar-refractivity contribution in [2.45, 2.75) is 59.2 Å². The zero-order chi connectivity index (χ0) is 27.2. The summed E-state index contributed by atoms with van der Waals surface area (Å²) in [5, 5.41) is 2.97. The minimum Gasteiger partial charge on any atom is -0.486 e. The summed E-state index contributed by atoms with van der Waals surface area (Å²) in [5.74, 6) is 0.193. The molecule has 0 unspecified atom stereocenters. The standard InChI is InChI=1S/C27H37N3O6S/c1-6-20(4)28-27(32)23(7-2)29(17-21-10-8-19(3)9-11-21)26(31)18-30(37(5,33)34)22-12-13-24-25(16-22)36-15-14-35-24/h8-13,16,20,23H,6-7,14-15,17-18H2,1-5H3,(H,28,32)/t20-,23-/m0/s1. The maximum Gasteiger partial charge on any atom is 0.244 e. The molecule has 0 radical (unpaired) electrons. The Kier molecular flexibility index (Phi) is 9.42. The van der Waals surface area contributed by atoms with Crippen molar-refractivity contribution in [2.24, 2.45) is 0 Å². The van der Waals surface area contributed by atoms with E-state index in [1.54, 1.807) is 18.2 Å². The van der Waals surface area contributed by atoms with Crippen molar-refractivity contribution < 1.29 is 27.5 Å². The van der Waals surface area contributed by atoms with Crippen LogP contribution in [0.4, 0.5) is 5.69 Å². The number of benzene rings is 2. The molecule has 0 saturated heterocycles. The molecule has 0 fully saturated rings. The van der Waals surface area contributed by atoms with Crippen molar-refractivity contribution >= 4 is 27.5 Å². The van der Waals surface area contributed by atoms with Gasteiger partial charge in [-0.25, -0.2) is 8.42 Å². The average Bonchev–Trinajstić information content (AvgIpc) is 2.87. The van der Waals surface area contributed by atoms with Crippen LogP contribution in [-0.2, 0) is 26.2 Å². The third-order valence-electron chi connectivity index (χ3n) is 6.35. The Bertz CT molecular complexity index is 1200. The van der Waals surface area contributed by atoms with Gasteiger partial charge in [-0.3, -0.25) is 13.9 Å². The number of hydrogen-bond acceptors (Lipinski definition) is 6. The van der Waals surface area contributed by atoms with Gasteiger partial charge in [-0.1, -0.05) is 43.7 Å². The van der Waals surface area contributed by atoms with Gasteiger partial charge in [0.15, 0.2) is 11.5 Å². The maximum atomic E-state index is 13.8. The van der Waals surface area contributed by atoms with Crippen LogP contribution in [0.2, 0.25) is 0 Å². The van der Waals surface area contributed by atoms with Crippen molar-refractivity contribution in [3.8, 4) is 11.5 Å². The van der Waals surface area contributed by atoms with E-state index in [0.717, 1.165) is 28.1 Å². The molecule has 37 heavy (non-hydrogen) atoms. The minimum absolute atomic E-state index is 0.0527. The fourth-order valence-corrected chi connectivity index (χ4v) is 4.89. The molecule has 1 heterocycles. The van der Waals surface area contributed by atoms with Crippen molar-refractivity contribution in [3.05, 3.63) is 53.6 Å². The predicted molar refractivity (Wildman–Crippen MR) is 143 cm³/mol. The van der Waals surface area contributed by atoms with Gasteiger partial charge in [-0.05, 0) is 44.4 Å². The van der Waals surface area contributed by atoms with Crippen LogP contribution in [0.1, 0.15) is 44.7 Å². The third kappa shape index (κ3) is 7.38. The Balaban J connectivity index is 1.94. The first-order chi connectivity index (χ1) is 17.5. The second-order valence-corrected chi connectivity index (χ2v) is 11.3. The summed E-state index contributed by atoms with van der Waals surface area (Å²) in [5.41, 5.74) is 2.21. The summed E-state index contributed by atoms with van der Waals surface area (Å²) in [6.07, 6.45) is 2.18. The first kappa shape index (κ1) is 28.3. The molecule has 2 aromatic carbocycles. The van der Waals surface area contributed by atoms with E-state index < -0.39 is 28.5 Å². The number of carbonyl (C=O) groups is 2. The highest BCUT2D eigenvalue weighted by Crippen LogP contribution is 2.34. The highest BCUT2D eigenvalue weighted by molar-refractivity contribution is 7.92. The van der Waals surface area contributed by atoms with Gasteiger partial charge in [0.25, 0.3) is 0 Å². The first-order valence-electron chi connectivity index (χ1n) is 12.6. The Labute approximate surface area is 219 Å². The highest BCUT2D eigenvalue weighted by Gasteiger charge is 2.32. The van der Waals surface area contributed by atoms with E-state index in [4.69, 9.17) is 9.47 Å². The molecule has 1 N–H and O–H groups in total. The zero-order valence-corrected chi connectivity index (χ0v) is 23.0. The highest BCUT2D eigenvalue weighted by atomic mass is 32.2. The third-order valence-corrected chi connectivity index (χ3v) is 7.49. The topological polar surface area (TPSA) is 105 Å². The number of fused-ring (bicyclic) bond motifs is 1. The molecule has 1 aliphatic rings. The normalized spacial score (nSPS) is 14.4. The second-order valence-electron chi connectivity index (χ2n) is 9.35. The van der Waals surface area contributed by atoms with Crippen LogP contribution in [-0.4, -0.2) is 63.2 Å². The molecule has 10 heteroatoms. The number of ether oxygens (including phenoxy) is 2. The van der Waals surface area contributed by atoms with Crippen molar-refractivity contribution in [2.75, 3.05) is 30.3 Å². The zero-order valence-electron chi connectivity index (χ0n) is 22.2. The summed E-state index contributed by atoms with van der Waals surface area (Å²) in [4.78, 5) is 28.4. The van der Waals surface area contributed by atoms with Crippen LogP contribution in [0, 0.1) is 6.92 Å². The number of aryl methyl sites for hydroxylation is 1. The fourth-order valence-electron chi connectivity index (χ4n) is 4.05. The van der Waals surface area contributed by atoms with Crippen LogP contribution < -0.4 is 19.1 Å². The smallest absolute Gasteiger partial charge is 0.244 e. The monoisotopic (exact) mass is 531 g/mol. The average molecular weight is 532 g/mol. The van der Waals surface area contributed by atoms with Crippen molar-refractivity contribution in [1.29, 1.82) is 0 Å². The molecule has 0 saturated carbocycles. The summed E-state index contributed by atoms with van der Waals surface area (Å²) in [7, 11) is -3.84. The lowest BCUT2D eigenvalue weighted by Crippen LogP contribution is -2.53. The van der Waals surface area contributed by atoms with Crippen LogP contribution in [0.15, 0.2) is 42.5 Å². The van der Waals surface area contributed by atoms with Crippen molar-refractivity contribution in [3.63, 3.8) is 0 Å². The fraction of sp³-hybridized carbons (Fsp3) is 0.481. The van der Waals surface area contributed by atoms with E-state index in [1.165, 1.54) is 4.90 Å². The number of sulfonamides is 1. The number of nitrogens with zero attached hydrogens (tertiary/aromatic N) is 2. The number of hydrogen-bond donors (Lipinski definition) is 1. The molecule has 2 atom stereocenters. The quantitative estimate of drug-likeness (QED) is 0.477. The lowest BCUT2D eigenvalue weighted by Gasteiger charge is -2.33. The Morgan fingerprint density at radius 3 is 2.24 bits per heavy atom. The Hall–Kier alpha value is -3.27. The Morgan fingerprint density at radius 2 is 1.65 bits per heavy atom. The minimum atomic E-state index is -3.84. The van der Waals surface area contributed by atoms with Crippen molar-refractivity contribution in [1.82, 2.24) is 10.2 Å². The van der Waals surface area contributed by atoms with Gasteiger partial charge in [0, 0.05) is 18.7 Å². The van der Waals surface area contributed by atoms with E-state index in [1.807, 2.05) is 52.0 Å². The molecular weight excluding hydrogens is 494 g/mol. The van der Waals surface area contributed by atoms with Gasteiger partial charge in [0.2, 0.25) is 21.8 Å². The molecule has 2 amide bonds. The molecule has 0 bridgehead atoms. The molecule has 9 nitrogen and oxygen atoms in total. The second kappa shape index (κ2) is 12.3. The van der Waals surface area contributed by atoms with Crippen LogP contribution >= 0.6 is 0 Å². The van der Waals surface area contributed by atoms with E-state index in [0.29, 0.717) is 31.1 Å². The van der Waals surface area contributed by atoms with E-state index in [9.17, 15) is 18.0 Å². The van der Waals surface area contributed by atoms with E-state index in [-0.39, 0.29) is 24.2 Å². The summed E-state index contributed by atoms with van der Waals surface area (Å²) < 4.78 is 37.8. The number of nitrogens with one attached hydrogen (secondary N) is 1. The summed E-state index contributed by atoms with van der Waals surface area (Å²) >= 11 is 0. The van der Waals surface area contributed by atoms with Gasteiger partial charge < -0.3 is 19.7 Å². The van der Waals surface area contributed by atoms with Gasteiger partial charge in [0.05, 0.1) is 11.9 Å². The van der Waals surface area contributed by atoms with Gasteiger partial charge in [-0.15, -0.1) is 0 Å². The van der Waals surface area contributed by atoms with E-state index in [2.05, 4.69) is 5.32 Å². The molecule has 202 valence electrons. The van der Waals surface area contributed by atoms with Crippen LogP contribution in [0.5, 0.6) is 11.5 Å². The lowest BCUT2D eigenvalue weighted by atomic mass is 10.1. The number of carbonyl (C=O) groups excluding carboxylic acids is 2. The van der Waals surface area contributed by atoms with Crippen LogP contribution in [0.3, 0.4) is 0 Å². The SMILES string of the molecule is CC[C@H](C)NC(=O)[C@H](CC)N(Cc1ccc(C)cc1)C(=O)CN(c1ccc2c(c1)OCCO2)S(C)(=O)=O.